The smallest absolute Gasteiger partial charge is 0.251 e. The zero-order chi connectivity index (χ0) is 13.8. The number of hydrogen-bond acceptors (Lipinski definition) is 1. The summed E-state index contributed by atoms with van der Waals surface area (Å²) < 4.78 is 0.925. The Morgan fingerprint density at radius 3 is 2.47 bits per heavy atom. The molecule has 19 heavy (non-hydrogen) atoms. The van der Waals surface area contributed by atoms with E-state index in [0.717, 1.165) is 20.8 Å². The van der Waals surface area contributed by atoms with E-state index in [1.807, 2.05) is 36.4 Å². The maximum Gasteiger partial charge on any atom is 0.251 e. The molecule has 1 atom stereocenters. The first-order chi connectivity index (χ1) is 9.11. The quantitative estimate of drug-likeness (QED) is 0.642. The molecule has 0 aromatic heterocycles. The van der Waals surface area contributed by atoms with Gasteiger partial charge in [-0.1, -0.05) is 66.8 Å². The lowest BCUT2D eigenvalue weighted by molar-refractivity contribution is 0.0932. The first-order valence-corrected chi connectivity index (χ1v) is 8.00. The predicted molar refractivity (Wildman–Crippen MR) is 88.9 cm³/mol. The van der Waals surface area contributed by atoms with Gasteiger partial charge in [-0.05, 0) is 28.8 Å². The van der Waals surface area contributed by atoms with Crippen LogP contribution in [0.25, 0.3) is 10.8 Å². The fourth-order valence-electron chi connectivity index (χ4n) is 1.97. The molecule has 1 N–H and O–H groups in total. The highest BCUT2D eigenvalue weighted by atomic mass is 127. The molecule has 0 saturated heterocycles. The van der Waals surface area contributed by atoms with Gasteiger partial charge in [0.25, 0.3) is 5.91 Å². The zero-order valence-corrected chi connectivity index (χ0v) is 13.3. The minimum atomic E-state index is 0.0149. The Labute approximate surface area is 127 Å². The van der Waals surface area contributed by atoms with Crippen LogP contribution in [0.5, 0.6) is 0 Å². The first-order valence-electron chi connectivity index (χ1n) is 6.47. The highest BCUT2D eigenvalue weighted by Crippen LogP contribution is 2.16. The molecule has 0 heterocycles. The van der Waals surface area contributed by atoms with E-state index >= 15 is 0 Å². The molecule has 1 amide bonds. The van der Waals surface area contributed by atoms with Crippen LogP contribution < -0.4 is 5.32 Å². The minimum absolute atomic E-state index is 0.0149. The van der Waals surface area contributed by atoms with Crippen LogP contribution in [-0.4, -0.2) is 16.4 Å². The molecule has 100 valence electrons. The third-order valence-electron chi connectivity index (χ3n) is 3.30. The summed E-state index contributed by atoms with van der Waals surface area (Å²) in [4.78, 5) is 12.2. The number of amides is 1. The van der Waals surface area contributed by atoms with Crippen molar-refractivity contribution in [2.45, 2.75) is 19.9 Å². The third-order valence-corrected chi connectivity index (χ3v) is 4.25. The van der Waals surface area contributed by atoms with Gasteiger partial charge in [-0.15, -0.1) is 0 Å². The van der Waals surface area contributed by atoms with Gasteiger partial charge in [0, 0.05) is 16.0 Å². The molecular formula is C16H18INO. The van der Waals surface area contributed by atoms with Crippen molar-refractivity contribution in [2.24, 2.45) is 5.92 Å². The van der Waals surface area contributed by atoms with Crippen LogP contribution in [0.15, 0.2) is 42.5 Å². The summed E-state index contributed by atoms with van der Waals surface area (Å²) in [5.74, 6) is 0.461. The van der Waals surface area contributed by atoms with Crippen LogP contribution >= 0.6 is 22.6 Å². The zero-order valence-electron chi connectivity index (χ0n) is 11.2. The third kappa shape index (κ3) is 3.47. The summed E-state index contributed by atoms with van der Waals surface area (Å²) in [6.45, 7) is 4.26. The average molecular weight is 367 g/mol. The van der Waals surface area contributed by atoms with Crippen molar-refractivity contribution in [3.63, 3.8) is 0 Å². The summed E-state index contributed by atoms with van der Waals surface area (Å²) in [7, 11) is 0. The summed E-state index contributed by atoms with van der Waals surface area (Å²) in [5.41, 5.74) is 0.731. The Hall–Kier alpha value is -1.10. The molecule has 0 aliphatic rings. The van der Waals surface area contributed by atoms with Crippen LogP contribution in [0.1, 0.15) is 24.2 Å². The number of carbonyl (C=O) groups is 1. The predicted octanol–water partition coefficient (Wildman–Crippen LogP) is 4.03. The van der Waals surface area contributed by atoms with Crippen LogP contribution in [-0.2, 0) is 0 Å². The van der Waals surface area contributed by atoms with E-state index in [4.69, 9.17) is 0 Å². The van der Waals surface area contributed by atoms with Gasteiger partial charge in [-0.2, -0.15) is 0 Å². The molecule has 1 unspecified atom stereocenters. The molecule has 2 aromatic carbocycles. The normalized spacial score (nSPS) is 12.6. The maximum absolute atomic E-state index is 12.2. The Balaban J connectivity index is 2.21. The Kier molecular flexibility index (Phi) is 4.80. The van der Waals surface area contributed by atoms with Crippen LogP contribution in [0, 0.1) is 5.92 Å². The molecule has 0 fully saturated rings. The molecule has 2 aromatic rings. The number of halogens is 1. The van der Waals surface area contributed by atoms with Crippen molar-refractivity contribution in [3.8, 4) is 0 Å². The summed E-state index contributed by atoms with van der Waals surface area (Å²) >= 11 is 2.32. The number of fused-ring (bicyclic) bond motifs is 1. The Bertz CT molecular complexity index is 580. The number of rotatable bonds is 4. The van der Waals surface area contributed by atoms with Crippen LogP contribution in [0.4, 0.5) is 0 Å². The van der Waals surface area contributed by atoms with E-state index in [1.165, 1.54) is 0 Å². The second-order valence-corrected chi connectivity index (χ2v) is 5.92. The van der Waals surface area contributed by atoms with E-state index < -0.39 is 0 Å². The largest absolute Gasteiger partial charge is 0.348 e. The van der Waals surface area contributed by atoms with Gasteiger partial charge in [0.2, 0.25) is 0 Å². The van der Waals surface area contributed by atoms with Crippen LogP contribution in [0.2, 0.25) is 0 Å². The van der Waals surface area contributed by atoms with E-state index in [9.17, 15) is 4.79 Å². The molecule has 0 aliphatic carbocycles. The maximum atomic E-state index is 12.2. The van der Waals surface area contributed by atoms with Gasteiger partial charge in [0.1, 0.15) is 0 Å². The van der Waals surface area contributed by atoms with Crippen molar-refractivity contribution in [3.05, 3.63) is 48.0 Å². The van der Waals surface area contributed by atoms with Gasteiger partial charge in [0.05, 0.1) is 0 Å². The molecule has 0 bridgehead atoms. The number of alkyl halides is 1. The van der Waals surface area contributed by atoms with Gasteiger partial charge < -0.3 is 5.32 Å². The molecule has 2 rings (SSSR count). The highest BCUT2D eigenvalue weighted by Gasteiger charge is 2.15. The molecular weight excluding hydrogens is 349 g/mol. The van der Waals surface area contributed by atoms with Gasteiger partial charge in [-0.3, -0.25) is 4.79 Å². The van der Waals surface area contributed by atoms with Gasteiger partial charge >= 0.3 is 0 Å². The lowest BCUT2D eigenvalue weighted by Gasteiger charge is -2.20. The second-order valence-electron chi connectivity index (χ2n) is 5.04. The first kappa shape index (κ1) is 14.3. The number of benzene rings is 2. The lowest BCUT2D eigenvalue weighted by atomic mass is 10.0. The number of nitrogens with one attached hydrogen (secondary N) is 1. The standard InChI is InChI=1S/C16H18INO/c1-11(2)15(10-17)18-16(19)14-8-7-12-5-3-4-6-13(12)9-14/h3-9,11,15H,10H2,1-2H3,(H,18,19). The van der Waals surface area contributed by atoms with E-state index in [-0.39, 0.29) is 11.9 Å². The average Bonchev–Trinajstić information content (AvgIpc) is 2.43. The number of hydrogen-bond donors (Lipinski definition) is 1. The van der Waals surface area contributed by atoms with Crippen molar-refractivity contribution < 1.29 is 4.79 Å². The molecule has 0 radical (unpaired) electrons. The topological polar surface area (TPSA) is 29.1 Å². The van der Waals surface area contributed by atoms with E-state index in [1.54, 1.807) is 0 Å². The fraction of sp³-hybridized carbons (Fsp3) is 0.312. The fourth-order valence-corrected chi connectivity index (χ4v) is 3.20. The lowest BCUT2D eigenvalue weighted by Crippen LogP contribution is -2.39. The summed E-state index contributed by atoms with van der Waals surface area (Å²) in [6, 6.07) is 14.2. The molecule has 0 spiro atoms. The highest BCUT2D eigenvalue weighted by molar-refractivity contribution is 14.1. The molecule has 0 saturated carbocycles. The van der Waals surface area contributed by atoms with Crippen molar-refractivity contribution in [2.75, 3.05) is 4.43 Å². The molecule has 2 nitrogen and oxygen atoms in total. The van der Waals surface area contributed by atoms with Crippen molar-refractivity contribution >= 4 is 39.3 Å². The van der Waals surface area contributed by atoms with Crippen molar-refractivity contribution in [1.29, 1.82) is 0 Å². The Morgan fingerprint density at radius 1 is 1.16 bits per heavy atom. The van der Waals surface area contributed by atoms with E-state index in [0.29, 0.717) is 5.92 Å². The number of carbonyl (C=O) groups excluding carboxylic acids is 1. The van der Waals surface area contributed by atoms with Gasteiger partial charge in [-0.25, -0.2) is 0 Å². The van der Waals surface area contributed by atoms with E-state index in [2.05, 4.69) is 47.8 Å². The summed E-state index contributed by atoms with van der Waals surface area (Å²) in [6.07, 6.45) is 0. The molecule has 0 aliphatic heterocycles. The minimum Gasteiger partial charge on any atom is -0.348 e. The molecule has 3 heteroatoms. The SMILES string of the molecule is CC(C)C(CI)NC(=O)c1ccc2ccccc2c1. The summed E-state index contributed by atoms with van der Waals surface area (Å²) in [5, 5.41) is 5.36. The Morgan fingerprint density at radius 2 is 1.84 bits per heavy atom. The monoisotopic (exact) mass is 367 g/mol. The second kappa shape index (κ2) is 6.37. The van der Waals surface area contributed by atoms with Crippen molar-refractivity contribution in [1.82, 2.24) is 5.32 Å². The van der Waals surface area contributed by atoms with Gasteiger partial charge in [0.15, 0.2) is 0 Å². The van der Waals surface area contributed by atoms with Crippen LogP contribution in [0.3, 0.4) is 0 Å².